The summed E-state index contributed by atoms with van der Waals surface area (Å²) in [7, 11) is 0. The van der Waals surface area contributed by atoms with Gasteiger partial charge in [-0.05, 0) is 37.3 Å². The molecule has 1 unspecified atom stereocenters. The highest BCUT2D eigenvalue weighted by Crippen LogP contribution is 2.30. The second-order valence-corrected chi connectivity index (χ2v) is 7.74. The van der Waals surface area contributed by atoms with Crippen LogP contribution >= 0.6 is 23.4 Å². The summed E-state index contributed by atoms with van der Waals surface area (Å²) in [5.74, 6) is -0.565. The van der Waals surface area contributed by atoms with Crippen molar-refractivity contribution >= 4 is 35.0 Å². The van der Waals surface area contributed by atoms with Gasteiger partial charge < -0.3 is 10.1 Å². The number of rotatable bonds is 9. The molecule has 2 aromatic carbocycles. The molecular weight excluding hydrogens is 446 g/mol. The van der Waals surface area contributed by atoms with Crippen molar-refractivity contribution < 1.29 is 18.3 Å². The summed E-state index contributed by atoms with van der Waals surface area (Å²) in [5, 5.41) is 11.4. The summed E-state index contributed by atoms with van der Waals surface area (Å²) in [6, 6.07) is 9.77. The SMILES string of the molecule is C=CCn1c(SCC(=O)Nc2ccccc2F)nnc1C(C)Oc1ccc(F)cc1Cl. The van der Waals surface area contributed by atoms with Crippen molar-refractivity contribution in [2.24, 2.45) is 0 Å². The minimum Gasteiger partial charge on any atom is -0.481 e. The minimum atomic E-state index is -0.558. The highest BCUT2D eigenvalue weighted by atomic mass is 35.5. The fourth-order valence-corrected chi connectivity index (χ4v) is 3.67. The molecule has 0 radical (unpaired) electrons. The third-order valence-corrected chi connectivity index (χ3v) is 5.36. The maximum atomic E-state index is 13.7. The van der Waals surface area contributed by atoms with E-state index in [2.05, 4.69) is 22.1 Å². The summed E-state index contributed by atoms with van der Waals surface area (Å²) in [4.78, 5) is 12.2. The van der Waals surface area contributed by atoms with Crippen LogP contribution in [0.1, 0.15) is 18.9 Å². The zero-order valence-electron chi connectivity index (χ0n) is 16.5. The van der Waals surface area contributed by atoms with Crippen molar-refractivity contribution in [2.75, 3.05) is 11.1 Å². The first-order valence-electron chi connectivity index (χ1n) is 9.22. The standard InChI is InChI=1S/C21H19ClF2N4O2S/c1-3-10-28-20(13(2)30-18-9-8-14(23)11-15(18)22)26-27-21(28)31-12-19(29)25-17-7-5-4-6-16(17)24/h3-9,11,13H,1,10,12H2,2H3,(H,25,29). The van der Waals surface area contributed by atoms with Gasteiger partial charge in [0, 0.05) is 6.54 Å². The van der Waals surface area contributed by atoms with Crippen molar-refractivity contribution in [1.82, 2.24) is 14.8 Å². The smallest absolute Gasteiger partial charge is 0.234 e. The molecule has 162 valence electrons. The fourth-order valence-electron chi connectivity index (χ4n) is 2.70. The quantitative estimate of drug-likeness (QED) is 0.345. The Labute approximate surface area is 187 Å². The lowest BCUT2D eigenvalue weighted by Crippen LogP contribution is -2.16. The average Bonchev–Trinajstić information content (AvgIpc) is 3.13. The number of carbonyl (C=O) groups excluding carboxylic acids is 1. The molecule has 0 aliphatic rings. The van der Waals surface area contributed by atoms with Crippen LogP contribution in [0.25, 0.3) is 0 Å². The zero-order chi connectivity index (χ0) is 22.4. The highest BCUT2D eigenvalue weighted by Gasteiger charge is 2.21. The number of nitrogens with zero attached hydrogens (tertiary/aromatic N) is 3. The van der Waals surface area contributed by atoms with Gasteiger partial charge in [0.05, 0.1) is 16.5 Å². The Morgan fingerprint density at radius 3 is 2.81 bits per heavy atom. The number of hydrogen-bond donors (Lipinski definition) is 1. The third-order valence-electron chi connectivity index (χ3n) is 4.10. The molecule has 0 spiro atoms. The maximum absolute atomic E-state index is 13.7. The first-order valence-corrected chi connectivity index (χ1v) is 10.6. The minimum absolute atomic E-state index is 0.00262. The van der Waals surface area contributed by atoms with E-state index in [0.29, 0.717) is 23.3 Å². The second kappa shape index (κ2) is 10.4. The molecule has 31 heavy (non-hydrogen) atoms. The monoisotopic (exact) mass is 464 g/mol. The number of allylic oxidation sites excluding steroid dienone is 1. The Morgan fingerprint density at radius 2 is 2.10 bits per heavy atom. The molecule has 3 aromatic rings. The van der Waals surface area contributed by atoms with Crippen LogP contribution in [0, 0.1) is 11.6 Å². The van der Waals surface area contributed by atoms with Gasteiger partial charge in [-0.15, -0.1) is 16.8 Å². The van der Waals surface area contributed by atoms with Gasteiger partial charge in [0.1, 0.15) is 17.4 Å². The number of aromatic nitrogens is 3. The predicted molar refractivity (Wildman–Crippen MR) is 116 cm³/mol. The Balaban J connectivity index is 1.70. The van der Waals surface area contributed by atoms with E-state index in [1.54, 1.807) is 29.7 Å². The lowest BCUT2D eigenvalue weighted by molar-refractivity contribution is -0.113. The first-order chi connectivity index (χ1) is 14.9. The number of benzene rings is 2. The van der Waals surface area contributed by atoms with Crippen LogP contribution in [0.2, 0.25) is 5.02 Å². The van der Waals surface area contributed by atoms with Crippen LogP contribution in [0.5, 0.6) is 5.75 Å². The topological polar surface area (TPSA) is 69.0 Å². The van der Waals surface area contributed by atoms with E-state index in [9.17, 15) is 13.6 Å². The Hall–Kier alpha value is -2.91. The fraction of sp³-hybridized carbons (Fsp3) is 0.190. The number of para-hydroxylation sites is 1. The van der Waals surface area contributed by atoms with Gasteiger partial charge in [0.2, 0.25) is 5.91 Å². The van der Waals surface area contributed by atoms with Crippen molar-refractivity contribution in [3.05, 3.63) is 77.6 Å². The molecule has 0 saturated carbocycles. The number of halogens is 3. The number of hydrogen-bond acceptors (Lipinski definition) is 5. The predicted octanol–water partition coefficient (Wildman–Crippen LogP) is 5.27. The van der Waals surface area contributed by atoms with Crippen LogP contribution < -0.4 is 10.1 Å². The third kappa shape index (κ3) is 5.83. The second-order valence-electron chi connectivity index (χ2n) is 6.39. The highest BCUT2D eigenvalue weighted by molar-refractivity contribution is 7.99. The number of anilines is 1. The summed E-state index contributed by atoms with van der Waals surface area (Å²) < 4.78 is 34.5. The van der Waals surface area contributed by atoms with E-state index >= 15 is 0 Å². The van der Waals surface area contributed by atoms with Crippen LogP contribution in [0.3, 0.4) is 0 Å². The van der Waals surface area contributed by atoms with E-state index in [-0.39, 0.29) is 22.4 Å². The first kappa shape index (κ1) is 22.8. The van der Waals surface area contributed by atoms with E-state index < -0.39 is 17.7 Å². The molecule has 0 fully saturated rings. The van der Waals surface area contributed by atoms with Crippen molar-refractivity contribution in [3.8, 4) is 5.75 Å². The molecule has 0 aliphatic carbocycles. The molecule has 1 heterocycles. The lowest BCUT2D eigenvalue weighted by Gasteiger charge is -2.16. The van der Waals surface area contributed by atoms with Crippen LogP contribution in [-0.2, 0) is 11.3 Å². The van der Waals surface area contributed by atoms with Gasteiger partial charge in [0.25, 0.3) is 0 Å². The molecule has 6 nitrogen and oxygen atoms in total. The molecule has 3 rings (SSSR count). The largest absolute Gasteiger partial charge is 0.481 e. The van der Waals surface area contributed by atoms with Gasteiger partial charge >= 0.3 is 0 Å². The molecular formula is C21H19ClF2N4O2S. The normalized spacial score (nSPS) is 11.7. The van der Waals surface area contributed by atoms with Crippen molar-refractivity contribution in [3.63, 3.8) is 0 Å². The average molecular weight is 465 g/mol. The van der Waals surface area contributed by atoms with Gasteiger partial charge in [-0.1, -0.05) is 41.6 Å². The van der Waals surface area contributed by atoms with Crippen molar-refractivity contribution in [2.45, 2.75) is 24.7 Å². The molecule has 10 heteroatoms. The van der Waals surface area contributed by atoms with Crippen LogP contribution in [-0.4, -0.2) is 26.4 Å². The van der Waals surface area contributed by atoms with Gasteiger partial charge in [-0.2, -0.15) is 0 Å². The van der Waals surface area contributed by atoms with Crippen LogP contribution in [0.15, 0.2) is 60.3 Å². The Morgan fingerprint density at radius 1 is 1.32 bits per heavy atom. The molecule has 0 saturated heterocycles. The van der Waals surface area contributed by atoms with E-state index in [0.717, 1.165) is 17.8 Å². The molecule has 0 aliphatic heterocycles. The number of ether oxygens (including phenoxy) is 1. The summed E-state index contributed by atoms with van der Waals surface area (Å²) in [6.45, 7) is 5.87. The molecule has 1 aromatic heterocycles. The Bertz CT molecular complexity index is 1090. The summed E-state index contributed by atoms with van der Waals surface area (Å²) >= 11 is 7.18. The molecule has 1 atom stereocenters. The number of thioether (sulfide) groups is 1. The summed E-state index contributed by atoms with van der Waals surface area (Å²) in [5.41, 5.74) is 0.111. The van der Waals surface area contributed by atoms with Crippen LogP contribution in [0.4, 0.5) is 14.5 Å². The Kier molecular flexibility index (Phi) is 7.64. The van der Waals surface area contributed by atoms with Gasteiger partial charge in [-0.3, -0.25) is 9.36 Å². The summed E-state index contributed by atoms with van der Waals surface area (Å²) in [6.07, 6.45) is 1.10. The molecule has 1 amide bonds. The van der Waals surface area contributed by atoms with Gasteiger partial charge in [-0.25, -0.2) is 8.78 Å². The van der Waals surface area contributed by atoms with Crippen molar-refractivity contribution in [1.29, 1.82) is 0 Å². The molecule has 1 N–H and O–H groups in total. The van der Waals surface area contributed by atoms with E-state index in [4.69, 9.17) is 16.3 Å². The number of carbonyl (C=O) groups is 1. The number of amides is 1. The molecule has 0 bridgehead atoms. The van der Waals surface area contributed by atoms with E-state index in [1.807, 2.05) is 0 Å². The lowest BCUT2D eigenvalue weighted by atomic mass is 10.3. The van der Waals surface area contributed by atoms with E-state index in [1.165, 1.54) is 24.3 Å². The zero-order valence-corrected chi connectivity index (χ0v) is 18.1. The maximum Gasteiger partial charge on any atom is 0.234 e. The number of nitrogens with one attached hydrogen (secondary N) is 1. The van der Waals surface area contributed by atoms with Gasteiger partial charge in [0.15, 0.2) is 17.1 Å².